The number of nitrogens with zero attached hydrogens (tertiary/aromatic N) is 1. The second kappa shape index (κ2) is 9.95. The van der Waals surface area contributed by atoms with Gasteiger partial charge in [0.15, 0.2) is 0 Å². The van der Waals surface area contributed by atoms with Gasteiger partial charge in [-0.3, -0.25) is 9.78 Å². The number of nitrogens with two attached hydrogens (primary N) is 1. The lowest BCUT2D eigenvalue weighted by molar-refractivity contribution is -0.192. The fraction of sp³-hybridized carbons (Fsp3) is 0.316. The number of anilines is 2. The Morgan fingerprint density at radius 2 is 1.73 bits per heavy atom. The Morgan fingerprint density at radius 3 is 2.18 bits per heavy atom. The standard InChI is InChI=1S/C17H16BrF3N4O.C2HF3O2/c18-10-1-4-14(13(7-10)17(19,20)21)25-12-3-2-11(23-9-12)8-24-15(26)16(22)5-6-16;3-2(4,5)1(6)7/h1-4,7,9,25H,5-6,8,22H2,(H,24,26);(H,6,7). The molecule has 33 heavy (non-hydrogen) atoms. The molecule has 1 aromatic carbocycles. The molecular weight excluding hydrogens is 526 g/mol. The van der Waals surface area contributed by atoms with Crippen molar-refractivity contribution in [2.24, 2.45) is 5.73 Å². The summed E-state index contributed by atoms with van der Waals surface area (Å²) in [5, 5.41) is 12.6. The Hall–Kier alpha value is -2.87. The summed E-state index contributed by atoms with van der Waals surface area (Å²) in [5.74, 6) is -2.97. The zero-order valence-electron chi connectivity index (χ0n) is 16.5. The second-order valence-corrected chi connectivity index (χ2v) is 7.91. The quantitative estimate of drug-likeness (QED) is 0.417. The van der Waals surface area contributed by atoms with Crippen molar-refractivity contribution in [3.63, 3.8) is 0 Å². The summed E-state index contributed by atoms with van der Waals surface area (Å²) in [4.78, 5) is 24.8. The predicted molar refractivity (Wildman–Crippen MR) is 108 cm³/mol. The van der Waals surface area contributed by atoms with Crippen LogP contribution in [0.15, 0.2) is 41.0 Å². The highest BCUT2D eigenvalue weighted by Crippen LogP contribution is 2.37. The first kappa shape index (κ1) is 26.4. The van der Waals surface area contributed by atoms with E-state index in [0.29, 0.717) is 28.7 Å². The van der Waals surface area contributed by atoms with Gasteiger partial charge in [0.25, 0.3) is 0 Å². The first-order valence-electron chi connectivity index (χ1n) is 9.08. The summed E-state index contributed by atoms with van der Waals surface area (Å²) in [6, 6.07) is 7.11. The third-order valence-electron chi connectivity index (χ3n) is 4.30. The molecule has 1 amide bonds. The van der Waals surface area contributed by atoms with Crippen LogP contribution in [0.5, 0.6) is 0 Å². The Morgan fingerprint density at radius 1 is 1.12 bits per heavy atom. The molecule has 1 heterocycles. The molecule has 1 aliphatic carbocycles. The van der Waals surface area contributed by atoms with Gasteiger partial charge in [-0.2, -0.15) is 26.3 Å². The predicted octanol–water partition coefficient (Wildman–Crippen LogP) is 4.35. The minimum atomic E-state index is -5.08. The van der Waals surface area contributed by atoms with Crippen LogP contribution in [0.4, 0.5) is 37.7 Å². The lowest BCUT2D eigenvalue weighted by Gasteiger charge is -2.15. The molecule has 2 aromatic rings. The average molecular weight is 543 g/mol. The largest absolute Gasteiger partial charge is 0.490 e. The van der Waals surface area contributed by atoms with Crippen molar-refractivity contribution < 1.29 is 41.0 Å². The maximum absolute atomic E-state index is 13.1. The number of hydrogen-bond donors (Lipinski definition) is 4. The highest BCUT2D eigenvalue weighted by Gasteiger charge is 2.45. The summed E-state index contributed by atoms with van der Waals surface area (Å²) in [5.41, 5.74) is 5.18. The van der Waals surface area contributed by atoms with Gasteiger partial charge in [-0.1, -0.05) is 15.9 Å². The molecule has 0 aliphatic heterocycles. The van der Waals surface area contributed by atoms with Gasteiger partial charge in [0.05, 0.1) is 40.9 Å². The van der Waals surface area contributed by atoms with E-state index in [1.165, 1.54) is 18.3 Å². The van der Waals surface area contributed by atoms with E-state index in [1.54, 1.807) is 12.1 Å². The monoisotopic (exact) mass is 542 g/mol. The molecule has 1 fully saturated rings. The highest BCUT2D eigenvalue weighted by atomic mass is 79.9. The number of nitrogens with one attached hydrogen (secondary N) is 2. The lowest BCUT2D eigenvalue weighted by atomic mass is 10.1. The van der Waals surface area contributed by atoms with E-state index in [9.17, 15) is 31.1 Å². The Kier molecular flexibility index (Phi) is 7.96. The molecule has 14 heteroatoms. The van der Waals surface area contributed by atoms with E-state index in [0.717, 1.165) is 6.07 Å². The van der Waals surface area contributed by atoms with E-state index >= 15 is 0 Å². The number of aliphatic carboxylic acids is 1. The van der Waals surface area contributed by atoms with Crippen LogP contribution in [0.25, 0.3) is 0 Å². The number of carboxylic acid groups (broad SMARTS) is 1. The zero-order valence-corrected chi connectivity index (χ0v) is 18.1. The first-order valence-corrected chi connectivity index (χ1v) is 9.87. The highest BCUT2D eigenvalue weighted by molar-refractivity contribution is 9.10. The topological polar surface area (TPSA) is 117 Å². The molecular formula is C19H17BrF6N4O3. The van der Waals surface area contributed by atoms with E-state index in [1.807, 2.05) is 0 Å². The molecule has 5 N–H and O–H groups in total. The van der Waals surface area contributed by atoms with E-state index < -0.39 is 29.4 Å². The molecule has 0 radical (unpaired) electrons. The molecule has 7 nitrogen and oxygen atoms in total. The van der Waals surface area contributed by atoms with Gasteiger partial charge in [-0.05, 0) is 43.2 Å². The minimum Gasteiger partial charge on any atom is -0.475 e. The number of hydrogen-bond acceptors (Lipinski definition) is 5. The van der Waals surface area contributed by atoms with E-state index in [4.69, 9.17) is 15.6 Å². The van der Waals surface area contributed by atoms with Crippen LogP contribution >= 0.6 is 15.9 Å². The Bertz CT molecular complexity index is 1010. The maximum atomic E-state index is 13.1. The van der Waals surface area contributed by atoms with Gasteiger partial charge in [0, 0.05) is 4.47 Å². The van der Waals surface area contributed by atoms with Gasteiger partial charge in [-0.25, -0.2) is 4.79 Å². The van der Waals surface area contributed by atoms with Crippen LogP contribution in [0.3, 0.4) is 0 Å². The van der Waals surface area contributed by atoms with Crippen molar-refractivity contribution in [1.82, 2.24) is 10.3 Å². The number of carboxylic acids is 1. The summed E-state index contributed by atoms with van der Waals surface area (Å²) in [7, 11) is 0. The van der Waals surface area contributed by atoms with Crippen molar-refractivity contribution in [3.8, 4) is 0 Å². The third-order valence-corrected chi connectivity index (χ3v) is 4.80. The Balaban J connectivity index is 0.000000479. The second-order valence-electron chi connectivity index (χ2n) is 6.99. The molecule has 0 bridgehead atoms. The number of benzene rings is 1. The molecule has 0 unspecified atom stereocenters. The molecule has 0 spiro atoms. The smallest absolute Gasteiger partial charge is 0.475 e. The van der Waals surface area contributed by atoms with Crippen LogP contribution in [0, 0.1) is 0 Å². The number of rotatable bonds is 5. The molecule has 1 saturated carbocycles. The lowest BCUT2D eigenvalue weighted by Crippen LogP contribution is -2.42. The van der Waals surface area contributed by atoms with Crippen LogP contribution in [0.2, 0.25) is 0 Å². The third kappa shape index (κ3) is 7.89. The van der Waals surface area contributed by atoms with Crippen LogP contribution in [-0.2, 0) is 22.3 Å². The van der Waals surface area contributed by atoms with Crippen LogP contribution in [0.1, 0.15) is 24.1 Å². The molecule has 1 aromatic heterocycles. The summed E-state index contributed by atoms with van der Waals surface area (Å²) >= 11 is 3.05. The molecule has 180 valence electrons. The van der Waals surface area contributed by atoms with Crippen LogP contribution in [-0.4, -0.2) is 33.7 Å². The van der Waals surface area contributed by atoms with Crippen molar-refractivity contribution in [2.45, 2.75) is 37.3 Å². The first-order chi connectivity index (χ1) is 15.1. The number of carbonyl (C=O) groups is 2. The van der Waals surface area contributed by atoms with Gasteiger partial charge >= 0.3 is 18.3 Å². The molecule has 3 rings (SSSR count). The molecule has 0 saturated heterocycles. The summed E-state index contributed by atoms with van der Waals surface area (Å²) < 4.78 is 71.5. The van der Waals surface area contributed by atoms with Gasteiger partial charge in [-0.15, -0.1) is 0 Å². The van der Waals surface area contributed by atoms with Gasteiger partial charge in [0.2, 0.25) is 5.91 Å². The van der Waals surface area contributed by atoms with Gasteiger partial charge < -0.3 is 21.5 Å². The number of halogens is 7. The van der Waals surface area contributed by atoms with E-state index in [2.05, 4.69) is 31.5 Å². The fourth-order valence-corrected chi connectivity index (χ4v) is 2.69. The summed E-state index contributed by atoms with van der Waals surface area (Å²) in [6.07, 6.45) is -6.81. The SMILES string of the molecule is NC1(C(=O)NCc2ccc(Nc3ccc(Br)cc3C(F)(F)F)cn2)CC1.O=C(O)C(F)(F)F. The minimum absolute atomic E-state index is 0.0673. The molecule has 1 aliphatic rings. The van der Waals surface area contributed by atoms with Gasteiger partial charge in [0.1, 0.15) is 0 Å². The normalized spacial score (nSPS) is 14.5. The van der Waals surface area contributed by atoms with Crippen molar-refractivity contribution in [1.29, 1.82) is 0 Å². The number of aromatic nitrogens is 1. The molecule has 0 atom stereocenters. The number of pyridine rings is 1. The van der Waals surface area contributed by atoms with E-state index in [-0.39, 0.29) is 18.1 Å². The average Bonchev–Trinajstić information content (AvgIpc) is 3.46. The Labute approximate surface area is 191 Å². The number of amides is 1. The fourth-order valence-electron chi connectivity index (χ4n) is 2.33. The summed E-state index contributed by atoms with van der Waals surface area (Å²) in [6.45, 7) is 0.212. The van der Waals surface area contributed by atoms with Crippen molar-refractivity contribution in [2.75, 3.05) is 5.32 Å². The number of alkyl halides is 6. The van der Waals surface area contributed by atoms with Crippen molar-refractivity contribution >= 4 is 39.2 Å². The maximum Gasteiger partial charge on any atom is 0.490 e. The zero-order chi connectivity index (χ0) is 25.0. The van der Waals surface area contributed by atoms with Crippen LogP contribution < -0.4 is 16.4 Å². The number of carbonyl (C=O) groups excluding carboxylic acids is 1. The van der Waals surface area contributed by atoms with Crippen molar-refractivity contribution in [3.05, 3.63) is 52.3 Å².